The number of nitrogens with zero attached hydrogens (tertiary/aromatic N) is 3. The van der Waals surface area contributed by atoms with Crippen LogP contribution < -0.4 is 5.56 Å². The van der Waals surface area contributed by atoms with E-state index in [1.807, 2.05) is 4.57 Å². The van der Waals surface area contributed by atoms with Crippen molar-refractivity contribution >= 4 is 34.8 Å². The molecule has 0 amide bonds. The molecule has 0 radical (unpaired) electrons. The van der Waals surface area contributed by atoms with E-state index in [1.165, 1.54) is 41.0 Å². The largest absolute Gasteiger partial charge is 0.478 e. The van der Waals surface area contributed by atoms with E-state index in [0.29, 0.717) is 11.2 Å². The standard InChI is InChI=1S/C18H13N3O5S/c22-16-14-9-13(21(25)26)7-8-15(14)19(11-5-6-11)18(27)20(16)12-3-1-10(2-4-12)17(23)24/h1-4,7-9,11H,5-6H2,(H,23,24). The van der Waals surface area contributed by atoms with Crippen molar-refractivity contribution in [1.82, 2.24) is 9.13 Å². The second-order valence-electron chi connectivity index (χ2n) is 6.33. The number of aromatic nitrogens is 2. The van der Waals surface area contributed by atoms with Crippen molar-refractivity contribution in [3.8, 4) is 5.69 Å². The third-order valence-corrected chi connectivity index (χ3v) is 4.95. The predicted molar refractivity (Wildman–Crippen MR) is 100 cm³/mol. The highest BCUT2D eigenvalue weighted by Gasteiger charge is 2.28. The molecule has 0 saturated heterocycles. The average Bonchev–Trinajstić information content (AvgIpc) is 3.47. The molecule has 1 heterocycles. The fourth-order valence-corrected chi connectivity index (χ4v) is 3.54. The third-order valence-electron chi connectivity index (χ3n) is 4.57. The average molecular weight is 383 g/mol. The minimum Gasteiger partial charge on any atom is -0.478 e. The summed E-state index contributed by atoms with van der Waals surface area (Å²) in [7, 11) is 0. The molecule has 1 aliphatic rings. The molecule has 0 aliphatic heterocycles. The van der Waals surface area contributed by atoms with E-state index >= 15 is 0 Å². The number of fused-ring (bicyclic) bond motifs is 1. The molecule has 0 spiro atoms. The Balaban J connectivity index is 2.05. The molecule has 0 bridgehead atoms. The zero-order valence-electron chi connectivity index (χ0n) is 13.9. The fraction of sp³-hybridized carbons (Fsp3) is 0.167. The summed E-state index contributed by atoms with van der Waals surface area (Å²) in [5, 5.41) is 20.4. The van der Waals surface area contributed by atoms with Crippen LogP contribution in [0.5, 0.6) is 0 Å². The van der Waals surface area contributed by atoms with Crippen LogP contribution in [0.25, 0.3) is 16.6 Å². The van der Waals surface area contributed by atoms with Gasteiger partial charge in [-0.2, -0.15) is 0 Å². The Morgan fingerprint density at radius 3 is 2.41 bits per heavy atom. The van der Waals surface area contributed by atoms with Crippen LogP contribution in [-0.4, -0.2) is 25.1 Å². The maximum absolute atomic E-state index is 13.1. The van der Waals surface area contributed by atoms with Crippen molar-refractivity contribution < 1.29 is 14.8 Å². The quantitative estimate of drug-likeness (QED) is 0.420. The molecule has 1 aromatic heterocycles. The van der Waals surface area contributed by atoms with E-state index in [1.54, 1.807) is 6.07 Å². The molecular formula is C18H13N3O5S. The number of hydrogen-bond acceptors (Lipinski definition) is 5. The number of carboxylic acid groups (broad SMARTS) is 1. The first-order valence-electron chi connectivity index (χ1n) is 8.18. The monoisotopic (exact) mass is 383 g/mol. The second-order valence-corrected chi connectivity index (χ2v) is 6.70. The molecule has 9 heteroatoms. The van der Waals surface area contributed by atoms with E-state index in [-0.39, 0.29) is 27.4 Å². The summed E-state index contributed by atoms with van der Waals surface area (Å²) < 4.78 is 3.43. The number of benzene rings is 2. The lowest BCUT2D eigenvalue weighted by molar-refractivity contribution is -0.384. The topological polar surface area (TPSA) is 107 Å². The molecule has 1 fully saturated rings. The van der Waals surface area contributed by atoms with Crippen molar-refractivity contribution in [2.45, 2.75) is 18.9 Å². The highest BCUT2D eigenvalue weighted by molar-refractivity contribution is 7.71. The Bertz CT molecular complexity index is 1220. The number of rotatable bonds is 4. The summed E-state index contributed by atoms with van der Waals surface area (Å²) >= 11 is 5.55. The van der Waals surface area contributed by atoms with E-state index < -0.39 is 16.5 Å². The van der Waals surface area contributed by atoms with Gasteiger partial charge < -0.3 is 9.67 Å². The Morgan fingerprint density at radius 1 is 1.19 bits per heavy atom. The van der Waals surface area contributed by atoms with Gasteiger partial charge in [-0.05, 0) is 55.4 Å². The van der Waals surface area contributed by atoms with Crippen LogP contribution in [0.3, 0.4) is 0 Å². The van der Waals surface area contributed by atoms with Gasteiger partial charge in [-0.1, -0.05) is 0 Å². The third kappa shape index (κ3) is 2.81. The van der Waals surface area contributed by atoms with E-state index in [0.717, 1.165) is 12.8 Å². The minimum atomic E-state index is -1.07. The number of hydrogen-bond donors (Lipinski definition) is 1. The summed E-state index contributed by atoms with van der Waals surface area (Å²) in [5.41, 5.74) is 0.420. The maximum atomic E-state index is 13.1. The minimum absolute atomic E-state index is 0.0872. The number of non-ortho nitro benzene ring substituents is 1. The molecule has 1 aliphatic carbocycles. The van der Waals surface area contributed by atoms with Gasteiger partial charge in [0.15, 0.2) is 4.77 Å². The lowest BCUT2D eigenvalue weighted by Crippen LogP contribution is -2.24. The van der Waals surface area contributed by atoms with Crippen molar-refractivity contribution in [3.05, 3.63) is 73.3 Å². The highest BCUT2D eigenvalue weighted by atomic mass is 32.1. The van der Waals surface area contributed by atoms with Gasteiger partial charge >= 0.3 is 5.97 Å². The maximum Gasteiger partial charge on any atom is 0.335 e. The number of carbonyl (C=O) groups is 1. The van der Waals surface area contributed by atoms with Gasteiger partial charge in [0.25, 0.3) is 11.2 Å². The summed E-state index contributed by atoms with van der Waals surface area (Å²) in [6, 6.07) is 10.1. The number of aromatic carboxylic acids is 1. The molecule has 1 saturated carbocycles. The Morgan fingerprint density at radius 2 is 1.85 bits per heavy atom. The first-order chi connectivity index (χ1) is 12.9. The van der Waals surface area contributed by atoms with Gasteiger partial charge in [0.1, 0.15) is 0 Å². The summed E-state index contributed by atoms with van der Waals surface area (Å²) in [6.07, 6.45) is 1.83. The molecule has 8 nitrogen and oxygen atoms in total. The van der Waals surface area contributed by atoms with Crippen molar-refractivity contribution in [1.29, 1.82) is 0 Å². The van der Waals surface area contributed by atoms with Crippen LogP contribution >= 0.6 is 12.2 Å². The zero-order chi connectivity index (χ0) is 19.3. The normalized spacial score (nSPS) is 13.6. The van der Waals surface area contributed by atoms with Crippen LogP contribution in [0.2, 0.25) is 0 Å². The lowest BCUT2D eigenvalue weighted by Gasteiger charge is -2.15. The van der Waals surface area contributed by atoms with E-state index in [2.05, 4.69) is 0 Å². The summed E-state index contributed by atoms with van der Waals surface area (Å²) in [6.45, 7) is 0. The molecule has 136 valence electrons. The van der Waals surface area contributed by atoms with Gasteiger partial charge in [0, 0.05) is 18.2 Å². The van der Waals surface area contributed by atoms with Gasteiger partial charge in [-0.15, -0.1) is 0 Å². The smallest absolute Gasteiger partial charge is 0.335 e. The van der Waals surface area contributed by atoms with Gasteiger partial charge in [-0.25, -0.2) is 4.79 Å². The number of nitro groups is 1. The fourth-order valence-electron chi connectivity index (χ4n) is 3.10. The van der Waals surface area contributed by atoms with Crippen LogP contribution in [-0.2, 0) is 0 Å². The Kier molecular flexibility index (Phi) is 3.88. The molecule has 0 atom stereocenters. The molecule has 4 rings (SSSR count). The van der Waals surface area contributed by atoms with Gasteiger partial charge in [0.05, 0.1) is 27.1 Å². The van der Waals surface area contributed by atoms with Gasteiger partial charge in [-0.3, -0.25) is 19.5 Å². The first-order valence-corrected chi connectivity index (χ1v) is 8.59. The second kappa shape index (κ2) is 6.13. The first kappa shape index (κ1) is 17.1. The molecular weight excluding hydrogens is 370 g/mol. The van der Waals surface area contributed by atoms with E-state index in [9.17, 15) is 19.7 Å². The Labute approximate surface area is 157 Å². The molecule has 3 aromatic rings. The summed E-state index contributed by atoms with van der Waals surface area (Å²) in [4.78, 5) is 34.7. The SMILES string of the molecule is O=C(O)c1ccc(-n2c(=O)c3cc([N+](=O)[O-])ccc3n(C3CC3)c2=S)cc1. The molecule has 0 unspecified atom stereocenters. The van der Waals surface area contributed by atoms with Gasteiger partial charge in [0.2, 0.25) is 0 Å². The number of carboxylic acids is 1. The van der Waals surface area contributed by atoms with Crippen LogP contribution in [0.4, 0.5) is 5.69 Å². The van der Waals surface area contributed by atoms with Crippen molar-refractivity contribution in [2.24, 2.45) is 0 Å². The van der Waals surface area contributed by atoms with Crippen LogP contribution in [0.1, 0.15) is 29.2 Å². The van der Waals surface area contributed by atoms with Crippen molar-refractivity contribution in [3.63, 3.8) is 0 Å². The molecule has 1 N–H and O–H groups in total. The zero-order valence-corrected chi connectivity index (χ0v) is 14.7. The number of nitro benzene ring substituents is 1. The molecule has 2 aromatic carbocycles. The summed E-state index contributed by atoms with van der Waals surface area (Å²) in [5.74, 6) is -1.07. The lowest BCUT2D eigenvalue weighted by atomic mass is 10.2. The van der Waals surface area contributed by atoms with Crippen LogP contribution in [0, 0.1) is 14.9 Å². The predicted octanol–water partition coefficient (Wildman–Crippen LogP) is 3.46. The molecule has 27 heavy (non-hydrogen) atoms. The highest BCUT2D eigenvalue weighted by Crippen LogP contribution is 2.37. The van der Waals surface area contributed by atoms with E-state index in [4.69, 9.17) is 17.3 Å². The van der Waals surface area contributed by atoms with Crippen LogP contribution in [0.15, 0.2) is 47.3 Å². The Hall–Kier alpha value is -3.33. The van der Waals surface area contributed by atoms with Crippen molar-refractivity contribution in [2.75, 3.05) is 0 Å².